The van der Waals surface area contributed by atoms with E-state index in [0.717, 1.165) is 18.4 Å². The molecule has 1 nitrogen and oxygen atoms in total. The summed E-state index contributed by atoms with van der Waals surface area (Å²) in [5.74, 6) is 0. The monoisotopic (exact) mass is 155 g/mol. The molecule has 0 aliphatic rings. The number of hydrogen-bond acceptors (Lipinski definition) is 0. The first kappa shape index (κ1) is 10.7. The Balaban J connectivity index is 3.37. The minimum atomic E-state index is -0.0113. The second kappa shape index (κ2) is 7.80. The van der Waals surface area contributed by atoms with Crippen LogP contribution in [0.2, 0.25) is 0 Å². The average molecular weight is 155 g/mol. The van der Waals surface area contributed by atoms with E-state index in [4.69, 9.17) is 0 Å². The molecule has 0 spiro atoms. The van der Waals surface area contributed by atoms with Crippen LogP contribution < -0.4 is 0 Å². The molecule has 0 N–H and O–H groups in total. The summed E-state index contributed by atoms with van der Waals surface area (Å²) in [7, 11) is 0. The van der Waals surface area contributed by atoms with Crippen LogP contribution in [0.15, 0.2) is 11.6 Å². The quantitative estimate of drug-likeness (QED) is 0.414. The largest absolute Gasteiger partial charge is 0.232 e. The lowest BCUT2D eigenvalue weighted by atomic mass is 10.1. The van der Waals surface area contributed by atoms with Gasteiger partial charge in [0.05, 0.1) is 0 Å². The predicted molar refractivity (Wildman–Crippen MR) is 48.1 cm³/mol. The highest BCUT2D eigenvalue weighted by Gasteiger charge is 1.90. The van der Waals surface area contributed by atoms with Crippen molar-refractivity contribution >= 4 is 0 Å². The van der Waals surface area contributed by atoms with Crippen LogP contribution in [0.25, 0.3) is 0 Å². The Bertz CT molecular complexity index is 99.4. The fraction of sp³-hybridized carbons (Fsp3) is 0.800. The Hall–Kier alpha value is -0.300. The van der Waals surface area contributed by atoms with Crippen LogP contribution in [0.1, 0.15) is 46.0 Å². The zero-order valence-electron chi connectivity index (χ0n) is 7.73. The Morgan fingerprint density at radius 2 is 2.00 bits per heavy atom. The molecule has 11 heavy (non-hydrogen) atoms. The van der Waals surface area contributed by atoms with E-state index in [9.17, 15) is 5.11 Å². The van der Waals surface area contributed by atoms with E-state index < -0.39 is 0 Å². The fourth-order valence-electron chi connectivity index (χ4n) is 1.01. The van der Waals surface area contributed by atoms with Gasteiger partial charge >= 0.3 is 0 Å². The predicted octanol–water partition coefficient (Wildman–Crippen LogP) is 3.33. The molecule has 0 unspecified atom stereocenters. The molecule has 0 aliphatic carbocycles. The Morgan fingerprint density at radius 3 is 2.45 bits per heavy atom. The van der Waals surface area contributed by atoms with Gasteiger partial charge in [0.2, 0.25) is 0 Å². The molecular weight excluding hydrogens is 136 g/mol. The van der Waals surface area contributed by atoms with Crippen LogP contribution in [-0.2, 0) is 5.11 Å². The summed E-state index contributed by atoms with van der Waals surface area (Å²) in [5, 5.41) is 10.5. The molecule has 0 saturated carbocycles. The van der Waals surface area contributed by atoms with E-state index in [-0.39, 0.29) is 6.61 Å². The zero-order valence-corrected chi connectivity index (χ0v) is 7.73. The Kier molecular flexibility index (Phi) is 7.59. The van der Waals surface area contributed by atoms with E-state index in [1.165, 1.54) is 19.3 Å². The SMILES string of the molecule is CCCCCC=C(CC)C[O]. The van der Waals surface area contributed by atoms with Crippen molar-refractivity contribution in [1.82, 2.24) is 0 Å². The molecule has 1 radical (unpaired) electrons. The normalized spacial score (nSPS) is 12.1. The lowest BCUT2D eigenvalue weighted by Crippen LogP contribution is -1.86. The van der Waals surface area contributed by atoms with Gasteiger partial charge in [0.15, 0.2) is 0 Å². The smallest absolute Gasteiger partial charge is 0.103 e. The molecule has 0 rings (SSSR count). The first-order valence-electron chi connectivity index (χ1n) is 4.61. The molecular formula is C10H19O. The molecule has 0 aromatic carbocycles. The highest BCUT2D eigenvalue weighted by atomic mass is 16.3. The van der Waals surface area contributed by atoms with Crippen molar-refractivity contribution in [2.45, 2.75) is 46.0 Å². The third-order valence-electron chi connectivity index (χ3n) is 1.88. The molecule has 0 fully saturated rings. The van der Waals surface area contributed by atoms with Crippen LogP contribution in [0.4, 0.5) is 0 Å². The van der Waals surface area contributed by atoms with Gasteiger partial charge in [0, 0.05) is 0 Å². The van der Waals surface area contributed by atoms with Gasteiger partial charge in [-0.25, -0.2) is 5.11 Å². The van der Waals surface area contributed by atoms with Crippen LogP contribution in [-0.4, -0.2) is 6.61 Å². The fourth-order valence-corrected chi connectivity index (χ4v) is 1.01. The lowest BCUT2D eigenvalue weighted by Gasteiger charge is -1.97. The molecule has 65 valence electrons. The number of allylic oxidation sites excluding steroid dienone is 1. The topological polar surface area (TPSA) is 19.9 Å². The standard InChI is InChI=1S/C10H19O/c1-3-5-6-7-8-10(4-2)9-11/h8H,3-7,9H2,1-2H3. The van der Waals surface area contributed by atoms with E-state index in [0.29, 0.717) is 0 Å². The third kappa shape index (κ3) is 6.11. The summed E-state index contributed by atoms with van der Waals surface area (Å²) >= 11 is 0. The summed E-state index contributed by atoms with van der Waals surface area (Å²) in [6.45, 7) is 4.23. The molecule has 0 saturated heterocycles. The molecule has 0 aliphatic heterocycles. The van der Waals surface area contributed by atoms with Gasteiger partial charge in [-0.05, 0) is 24.8 Å². The van der Waals surface area contributed by atoms with Crippen molar-refractivity contribution in [2.24, 2.45) is 0 Å². The van der Waals surface area contributed by atoms with Crippen molar-refractivity contribution in [3.05, 3.63) is 11.6 Å². The van der Waals surface area contributed by atoms with Gasteiger partial charge in [0.25, 0.3) is 0 Å². The van der Waals surface area contributed by atoms with E-state index >= 15 is 0 Å². The van der Waals surface area contributed by atoms with E-state index in [1.54, 1.807) is 0 Å². The summed E-state index contributed by atoms with van der Waals surface area (Å²) < 4.78 is 0. The van der Waals surface area contributed by atoms with Crippen LogP contribution in [0.3, 0.4) is 0 Å². The van der Waals surface area contributed by atoms with Gasteiger partial charge in [-0.2, -0.15) is 0 Å². The molecule has 0 amide bonds. The Morgan fingerprint density at radius 1 is 1.27 bits per heavy atom. The summed E-state index contributed by atoms with van der Waals surface area (Å²) in [5.41, 5.74) is 1.07. The Labute approximate surface area is 70.1 Å². The summed E-state index contributed by atoms with van der Waals surface area (Å²) in [6.07, 6.45) is 7.91. The van der Waals surface area contributed by atoms with Gasteiger partial charge in [-0.1, -0.05) is 32.8 Å². The second-order valence-electron chi connectivity index (χ2n) is 2.86. The molecule has 0 aromatic heterocycles. The van der Waals surface area contributed by atoms with Crippen molar-refractivity contribution in [1.29, 1.82) is 0 Å². The summed E-state index contributed by atoms with van der Waals surface area (Å²) in [4.78, 5) is 0. The highest BCUT2D eigenvalue weighted by molar-refractivity contribution is 5.00. The summed E-state index contributed by atoms with van der Waals surface area (Å²) in [6, 6.07) is 0. The first-order valence-corrected chi connectivity index (χ1v) is 4.61. The second-order valence-corrected chi connectivity index (χ2v) is 2.86. The zero-order chi connectivity index (χ0) is 8.53. The van der Waals surface area contributed by atoms with Crippen molar-refractivity contribution in [3.8, 4) is 0 Å². The molecule has 1 heteroatoms. The third-order valence-corrected chi connectivity index (χ3v) is 1.88. The molecule has 0 atom stereocenters. The minimum Gasteiger partial charge on any atom is -0.232 e. The van der Waals surface area contributed by atoms with E-state index in [2.05, 4.69) is 13.0 Å². The van der Waals surface area contributed by atoms with Gasteiger partial charge in [-0.15, -0.1) is 0 Å². The number of hydrogen-bond donors (Lipinski definition) is 0. The maximum absolute atomic E-state index is 10.5. The first-order chi connectivity index (χ1) is 5.35. The minimum absolute atomic E-state index is 0.0113. The average Bonchev–Trinajstić information content (AvgIpc) is 2.05. The molecule has 0 bridgehead atoms. The number of rotatable bonds is 6. The lowest BCUT2D eigenvalue weighted by molar-refractivity contribution is 0.220. The van der Waals surface area contributed by atoms with Crippen molar-refractivity contribution in [3.63, 3.8) is 0 Å². The van der Waals surface area contributed by atoms with Crippen LogP contribution >= 0.6 is 0 Å². The van der Waals surface area contributed by atoms with Gasteiger partial charge < -0.3 is 0 Å². The van der Waals surface area contributed by atoms with Crippen molar-refractivity contribution < 1.29 is 5.11 Å². The number of unbranched alkanes of at least 4 members (excludes halogenated alkanes) is 3. The van der Waals surface area contributed by atoms with Crippen LogP contribution in [0.5, 0.6) is 0 Å². The van der Waals surface area contributed by atoms with Gasteiger partial charge in [0.1, 0.15) is 6.61 Å². The van der Waals surface area contributed by atoms with Gasteiger partial charge in [-0.3, -0.25) is 0 Å². The van der Waals surface area contributed by atoms with E-state index in [1.807, 2.05) is 6.92 Å². The maximum Gasteiger partial charge on any atom is 0.103 e. The van der Waals surface area contributed by atoms with Crippen molar-refractivity contribution in [2.75, 3.05) is 6.61 Å². The molecule has 0 aromatic rings. The molecule has 0 heterocycles. The van der Waals surface area contributed by atoms with Crippen LogP contribution in [0, 0.1) is 0 Å². The maximum atomic E-state index is 10.5. The highest BCUT2D eigenvalue weighted by Crippen LogP contribution is 2.05.